The van der Waals surface area contributed by atoms with Crippen LogP contribution in [0.15, 0.2) is 54.7 Å². The topological polar surface area (TPSA) is 57.6 Å². The molecule has 1 aliphatic heterocycles. The summed E-state index contributed by atoms with van der Waals surface area (Å²) in [6, 6.07) is 16.6. The summed E-state index contributed by atoms with van der Waals surface area (Å²) in [5, 5.41) is 15.7. The minimum atomic E-state index is 0.137. The number of pyridine rings is 1. The highest BCUT2D eigenvalue weighted by Gasteiger charge is 2.31. The molecule has 0 saturated carbocycles. The van der Waals surface area contributed by atoms with Crippen molar-refractivity contribution in [2.24, 2.45) is 0 Å². The van der Waals surface area contributed by atoms with Crippen LogP contribution < -0.4 is 10.2 Å². The van der Waals surface area contributed by atoms with Gasteiger partial charge in [-0.3, -0.25) is 4.98 Å². The summed E-state index contributed by atoms with van der Waals surface area (Å²) in [5.74, 6) is 0. The molecule has 2 N–H and O–H groups in total. The van der Waals surface area contributed by atoms with Crippen LogP contribution >= 0.6 is 12.2 Å². The van der Waals surface area contributed by atoms with Crippen LogP contribution in [-0.4, -0.2) is 34.5 Å². The fourth-order valence-corrected chi connectivity index (χ4v) is 4.26. The van der Waals surface area contributed by atoms with Crippen molar-refractivity contribution < 1.29 is 9.84 Å². The zero-order valence-corrected chi connectivity index (χ0v) is 17.3. The number of hydrogen-bond donors (Lipinski definition) is 2. The van der Waals surface area contributed by atoms with E-state index in [0.717, 1.165) is 34.3 Å². The predicted molar refractivity (Wildman–Crippen MR) is 121 cm³/mol. The van der Waals surface area contributed by atoms with Gasteiger partial charge in [0.2, 0.25) is 0 Å². The zero-order valence-electron chi connectivity index (χ0n) is 16.5. The third kappa shape index (κ3) is 4.10. The molecular formula is C23H25N3O2S. The maximum absolute atomic E-state index is 9.53. The number of ether oxygens (including phenoxy) is 1. The van der Waals surface area contributed by atoms with Gasteiger partial charge in [0.05, 0.1) is 12.3 Å². The second-order valence-corrected chi connectivity index (χ2v) is 7.53. The molecule has 3 aromatic rings. The van der Waals surface area contributed by atoms with E-state index in [1.807, 2.05) is 43.5 Å². The largest absolute Gasteiger partial charge is 0.396 e. The molecule has 4 rings (SSSR count). The maximum Gasteiger partial charge on any atom is 0.178 e. The lowest BCUT2D eigenvalue weighted by atomic mass is 10.1. The van der Waals surface area contributed by atoms with E-state index in [-0.39, 0.29) is 12.6 Å². The Bertz CT molecular complexity index is 1020. The number of rotatable bonds is 6. The number of nitrogens with one attached hydrogen (secondary N) is 1. The maximum atomic E-state index is 9.53. The van der Waals surface area contributed by atoms with Crippen molar-refractivity contribution >= 4 is 39.5 Å². The van der Waals surface area contributed by atoms with Crippen LogP contribution in [0.2, 0.25) is 0 Å². The van der Waals surface area contributed by atoms with Gasteiger partial charge in [-0.25, -0.2) is 0 Å². The van der Waals surface area contributed by atoms with E-state index in [1.165, 1.54) is 5.56 Å². The van der Waals surface area contributed by atoms with Gasteiger partial charge in [0, 0.05) is 47.6 Å². The summed E-state index contributed by atoms with van der Waals surface area (Å²) in [4.78, 5) is 6.63. The van der Waals surface area contributed by atoms with Gasteiger partial charge in [-0.2, -0.15) is 0 Å². The molecule has 6 heteroatoms. The van der Waals surface area contributed by atoms with Crippen molar-refractivity contribution in [3.8, 4) is 0 Å². The Kier molecular flexibility index (Phi) is 6.04. The van der Waals surface area contributed by atoms with Gasteiger partial charge in [-0.1, -0.05) is 30.3 Å². The van der Waals surface area contributed by atoms with Crippen LogP contribution in [0.1, 0.15) is 24.6 Å². The molecule has 0 fully saturated rings. The smallest absolute Gasteiger partial charge is 0.178 e. The summed E-state index contributed by atoms with van der Waals surface area (Å²) in [7, 11) is 0. The van der Waals surface area contributed by atoms with E-state index in [1.54, 1.807) is 0 Å². The van der Waals surface area contributed by atoms with Crippen LogP contribution in [0.4, 0.5) is 11.4 Å². The lowest BCUT2D eigenvalue weighted by Gasteiger charge is -2.28. The molecule has 2 heterocycles. The summed E-state index contributed by atoms with van der Waals surface area (Å²) in [5.41, 5.74) is 4.21. The molecule has 0 bridgehead atoms. The number of hydrogen-bond acceptors (Lipinski definition) is 4. The highest BCUT2D eigenvalue weighted by molar-refractivity contribution is 7.80. The third-order valence-electron chi connectivity index (χ3n) is 5.27. The summed E-state index contributed by atoms with van der Waals surface area (Å²) in [6.07, 6.45) is 3.43. The van der Waals surface area contributed by atoms with E-state index in [0.29, 0.717) is 24.7 Å². The average Bonchev–Trinajstić information content (AvgIpc) is 3.11. The second kappa shape index (κ2) is 8.86. The van der Waals surface area contributed by atoms with Gasteiger partial charge in [-0.05, 0) is 55.7 Å². The molecule has 1 unspecified atom stereocenters. The lowest BCUT2D eigenvalue weighted by Crippen LogP contribution is -2.41. The molecule has 1 aliphatic rings. The average molecular weight is 408 g/mol. The van der Waals surface area contributed by atoms with Crippen LogP contribution in [-0.2, 0) is 17.8 Å². The number of aromatic nitrogens is 1. The Morgan fingerprint density at radius 3 is 2.97 bits per heavy atom. The first-order valence-electron chi connectivity index (χ1n) is 9.95. The van der Waals surface area contributed by atoms with Crippen molar-refractivity contribution in [3.63, 3.8) is 0 Å². The standard InChI is InChI=1S/C23H25N3O2S/c1-2-28-15-18-13-20-17(14-24-18)7-5-8-21(20)25-23(29)26-19(10-11-27)12-16-6-3-4-9-22(16)26/h3-9,13-14,19,27H,2,10-12,15H2,1H3,(H,25,29). The van der Waals surface area contributed by atoms with Gasteiger partial charge in [-0.15, -0.1) is 0 Å². The quantitative estimate of drug-likeness (QED) is 0.595. The molecule has 0 amide bonds. The summed E-state index contributed by atoms with van der Waals surface area (Å²) in [6.45, 7) is 3.26. The molecule has 29 heavy (non-hydrogen) atoms. The van der Waals surface area contributed by atoms with Crippen molar-refractivity contribution in [2.75, 3.05) is 23.4 Å². The van der Waals surface area contributed by atoms with Crippen molar-refractivity contribution in [1.29, 1.82) is 0 Å². The molecular weight excluding hydrogens is 382 g/mol. The monoisotopic (exact) mass is 407 g/mol. The number of aliphatic hydroxyl groups is 1. The molecule has 0 spiro atoms. The third-order valence-corrected chi connectivity index (χ3v) is 5.57. The fraction of sp³-hybridized carbons (Fsp3) is 0.304. The highest BCUT2D eigenvalue weighted by Crippen LogP contribution is 2.34. The van der Waals surface area contributed by atoms with Crippen molar-refractivity contribution in [2.45, 2.75) is 32.4 Å². The first kappa shape index (κ1) is 19.8. The summed E-state index contributed by atoms with van der Waals surface area (Å²) < 4.78 is 5.51. The molecule has 1 atom stereocenters. The summed E-state index contributed by atoms with van der Waals surface area (Å²) >= 11 is 5.82. The molecule has 2 aromatic carbocycles. The van der Waals surface area contributed by atoms with E-state index in [4.69, 9.17) is 17.0 Å². The number of benzene rings is 2. The van der Waals surface area contributed by atoms with E-state index >= 15 is 0 Å². The lowest BCUT2D eigenvalue weighted by molar-refractivity contribution is 0.131. The van der Waals surface area contributed by atoms with E-state index in [2.05, 4.69) is 33.4 Å². The fourth-order valence-electron chi connectivity index (χ4n) is 3.90. The van der Waals surface area contributed by atoms with Crippen LogP contribution in [0.25, 0.3) is 10.8 Å². The molecule has 0 radical (unpaired) electrons. The molecule has 0 saturated heterocycles. The van der Waals surface area contributed by atoms with Gasteiger partial charge < -0.3 is 20.1 Å². The normalized spacial score (nSPS) is 15.5. The zero-order chi connectivity index (χ0) is 20.2. The van der Waals surface area contributed by atoms with Gasteiger partial charge in [0.25, 0.3) is 0 Å². The number of para-hydroxylation sites is 1. The highest BCUT2D eigenvalue weighted by atomic mass is 32.1. The molecule has 5 nitrogen and oxygen atoms in total. The molecule has 0 aliphatic carbocycles. The Balaban J connectivity index is 1.64. The Labute approximate surface area is 176 Å². The van der Waals surface area contributed by atoms with Crippen molar-refractivity contribution in [1.82, 2.24) is 4.98 Å². The first-order valence-corrected chi connectivity index (χ1v) is 10.4. The van der Waals surface area contributed by atoms with E-state index in [9.17, 15) is 5.11 Å². The van der Waals surface area contributed by atoms with Crippen molar-refractivity contribution in [3.05, 3.63) is 66.0 Å². The number of anilines is 2. The number of fused-ring (bicyclic) bond motifs is 2. The van der Waals surface area contributed by atoms with E-state index < -0.39 is 0 Å². The van der Waals surface area contributed by atoms with Gasteiger partial charge >= 0.3 is 0 Å². The predicted octanol–water partition coefficient (Wildman–Crippen LogP) is 4.28. The van der Waals surface area contributed by atoms with Crippen LogP contribution in [0.5, 0.6) is 0 Å². The minimum Gasteiger partial charge on any atom is -0.396 e. The SMILES string of the molecule is CCOCc1cc2c(NC(=S)N3c4ccccc4CC3CCO)cccc2cn1. The van der Waals surface area contributed by atoms with Crippen LogP contribution in [0, 0.1) is 0 Å². The Hall–Kier alpha value is -2.54. The Morgan fingerprint density at radius 2 is 2.14 bits per heavy atom. The number of aliphatic hydroxyl groups excluding tert-OH is 1. The Morgan fingerprint density at radius 1 is 1.28 bits per heavy atom. The molecule has 1 aromatic heterocycles. The molecule has 150 valence electrons. The minimum absolute atomic E-state index is 0.137. The number of nitrogens with zero attached hydrogens (tertiary/aromatic N) is 2. The van der Waals surface area contributed by atoms with Gasteiger partial charge in [0.15, 0.2) is 5.11 Å². The second-order valence-electron chi connectivity index (χ2n) is 7.14. The van der Waals surface area contributed by atoms with Crippen LogP contribution in [0.3, 0.4) is 0 Å². The first-order chi connectivity index (χ1) is 14.2. The number of thiocarbonyl (C=S) groups is 1. The van der Waals surface area contributed by atoms with Gasteiger partial charge in [0.1, 0.15) is 0 Å².